The highest BCUT2D eigenvalue weighted by Crippen LogP contribution is 2.71. The van der Waals surface area contributed by atoms with Crippen molar-refractivity contribution in [2.24, 2.45) is 40.4 Å². The first-order valence-corrected chi connectivity index (χ1v) is 13.1. The normalized spacial score (nSPS) is 54.8. The molecular formula is C28H42O3. The van der Waals surface area contributed by atoms with Crippen LogP contribution in [0.3, 0.4) is 0 Å². The van der Waals surface area contributed by atoms with Crippen LogP contribution in [0.15, 0.2) is 11.6 Å². The Morgan fingerprint density at radius 3 is 2.52 bits per heavy atom. The zero-order chi connectivity index (χ0) is 22.0. The second kappa shape index (κ2) is 6.26. The van der Waals surface area contributed by atoms with Crippen LogP contribution in [-0.2, 0) is 14.3 Å². The molecule has 4 aliphatic carbocycles. The molecule has 0 aromatic heterocycles. The molecule has 6 aliphatic rings. The van der Waals surface area contributed by atoms with E-state index in [0.29, 0.717) is 29.1 Å². The minimum atomic E-state index is 0.0648. The molecule has 31 heavy (non-hydrogen) atoms. The largest absolute Gasteiger partial charge is 0.365 e. The second-order valence-electron chi connectivity index (χ2n) is 13.4. The number of carbonyl (C=O) groups is 1. The van der Waals surface area contributed by atoms with Crippen molar-refractivity contribution in [3.63, 3.8) is 0 Å². The third kappa shape index (κ3) is 2.75. The van der Waals surface area contributed by atoms with Crippen molar-refractivity contribution in [2.45, 2.75) is 116 Å². The molecule has 0 spiro atoms. The minimum absolute atomic E-state index is 0.0648. The van der Waals surface area contributed by atoms with E-state index >= 15 is 0 Å². The lowest BCUT2D eigenvalue weighted by Gasteiger charge is -2.57. The van der Waals surface area contributed by atoms with E-state index < -0.39 is 0 Å². The van der Waals surface area contributed by atoms with Crippen molar-refractivity contribution in [1.82, 2.24) is 0 Å². The third-order valence-corrected chi connectivity index (χ3v) is 11.8. The molecule has 0 bridgehead atoms. The van der Waals surface area contributed by atoms with Crippen LogP contribution in [0.4, 0.5) is 0 Å². The maximum Gasteiger partial charge on any atom is 0.155 e. The Morgan fingerprint density at radius 1 is 1.06 bits per heavy atom. The van der Waals surface area contributed by atoms with Gasteiger partial charge in [0.1, 0.15) is 6.10 Å². The maximum atomic E-state index is 12.2. The molecule has 6 rings (SSSR count). The molecule has 0 aromatic carbocycles. The predicted molar refractivity (Wildman–Crippen MR) is 122 cm³/mol. The van der Waals surface area contributed by atoms with E-state index in [4.69, 9.17) is 9.47 Å². The molecule has 0 amide bonds. The van der Waals surface area contributed by atoms with E-state index in [1.54, 1.807) is 0 Å². The van der Waals surface area contributed by atoms with E-state index in [9.17, 15) is 4.79 Å². The Hall–Kier alpha value is -0.670. The lowest BCUT2D eigenvalue weighted by molar-refractivity contribution is -0.117. The number of hydrogen-bond donors (Lipinski definition) is 0. The summed E-state index contributed by atoms with van der Waals surface area (Å²) in [4.78, 5) is 12.2. The monoisotopic (exact) mass is 426 g/mol. The van der Waals surface area contributed by atoms with Crippen LogP contribution in [-0.4, -0.2) is 29.2 Å². The Kier molecular flexibility index (Phi) is 4.22. The van der Waals surface area contributed by atoms with Gasteiger partial charge in [-0.05, 0) is 118 Å². The quantitative estimate of drug-likeness (QED) is 0.510. The lowest BCUT2D eigenvalue weighted by Crippen LogP contribution is -2.53. The predicted octanol–water partition coefficient (Wildman–Crippen LogP) is 6.11. The molecule has 2 heterocycles. The minimum Gasteiger partial charge on any atom is -0.365 e. The maximum absolute atomic E-state index is 12.2. The number of ether oxygens (including phenoxy) is 2. The van der Waals surface area contributed by atoms with Crippen LogP contribution in [0, 0.1) is 40.4 Å². The van der Waals surface area contributed by atoms with Crippen molar-refractivity contribution in [3.05, 3.63) is 11.6 Å². The van der Waals surface area contributed by atoms with Gasteiger partial charge in [-0.1, -0.05) is 20.8 Å². The van der Waals surface area contributed by atoms with Gasteiger partial charge in [-0.2, -0.15) is 0 Å². The summed E-state index contributed by atoms with van der Waals surface area (Å²) in [6.07, 6.45) is 12.4. The second-order valence-corrected chi connectivity index (χ2v) is 13.4. The number of carbonyl (C=O) groups excluding carboxylic acids is 1. The van der Waals surface area contributed by atoms with Gasteiger partial charge in [0.05, 0.1) is 17.3 Å². The number of rotatable bonds is 4. The van der Waals surface area contributed by atoms with Gasteiger partial charge < -0.3 is 9.47 Å². The lowest BCUT2D eigenvalue weighted by atomic mass is 9.46. The number of epoxide rings is 2. The summed E-state index contributed by atoms with van der Waals surface area (Å²) in [5.41, 5.74) is 2.17. The molecular weight excluding hydrogens is 384 g/mol. The first-order valence-electron chi connectivity index (χ1n) is 13.1. The summed E-state index contributed by atoms with van der Waals surface area (Å²) in [7, 11) is 0. The summed E-state index contributed by atoms with van der Waals surface area (Å²) >= 11 is 0. The average molecular weight is 427 g/mol. The Morgan fingerprint density at radius 2 is 1.81 bits per heavy atom. The van der Waals surface area contributed by atoms with E-state index in [-0.39, 0.29) is 22.7 Å². The van der Waals surface area contributed by atoms with Crippen molar-refractivity contribution >= 4 is 5.78 Å². The average Bonchev–Trinajstić information content (AvgIpc) is 3.54. The fourth-order valence-corrected chi connectivity index (χ4v) is 9.38. The topological polar surface area (TPSA) is 42.1 Å². The van der Waals surface area contributed by atoms with Gasteiger partial charge in [0, 0.05) is 6.42 Å². The van der Waals surface area contributed by atoms with Crippen molar-refractivity contribution in [2.75, 3.05) is 0 Å². The Labute approximate surface area is 188 Å². The van der Waals surface area contributed by atoms with Gasteiger partial charge in [-0.3, -0.25) is 4.79 Å². The summed E-state index contributed by atoms with van der Waals surface area (Å²) in [6.45, 7) is 14.4. The van der Waals surface area contributed by atoms with Gasteiger partial charge in [0.15, 0.2) is 5.78 Å². The summed E-state index contributed by atoms with van der Waals surface area (Å²) < 4.78 is 12.4. The van der Waals surface area contributed by atoms with Crippen molar-refractivity contribution in [1.29, 1.82) is 0 Å². The molecule has 172 valence electrons. The van der Waals surface area contributed by atoms with Crippen LogP contribution in [0.25, 0.3) is 0 Å². The number of hydrogen-bond acceptors (Lipinski definition) is 3. The number of fused-ring (bicyclic) bond motifs is 8. The number of ketones is 1. The van der Waals surface area contributed by atoms with Gasteiger partial charge in [0.25, 0.3) is 0 Å². The first-order chi connectivity index (χ1) is 14.5. The highest BCUT2D eigenvalue weighted by Gasteiger charge is 2.69. The molecule has 5 fully saturated rings. The molecule has 0 radical (unpaired) electrons. The zero-order valence-corrected chi connectivity index (χ0v) is 20.5. The van der Waals surface area contributed by atoms with Crippen LogP contribution < -0.4 is 0 Å². The fraction of sp³-hybridized carbons (Fsp3) is 0.893. The van der Waals surface area contributed by atoms with E-state index in [0.717, 1.165) is 30.6 Å². The van der Waals surface area contributed by atoms with E-state index in [1.165, 1.54) is 44.1 Å². The Bertz CT molecular complexity index is 843. The smallest absolute Gasteiger partial charge is 0.155 e. The fourth-order valence-electron chi connectivity index (χ4n) is 9.38. The summed E-state index contributed by atoms with van der Waals surface area (Å²) in [5, 5.41) is 0. The van der Waals surface area contributed by atoms with Crippen molar-refractivity contribution in [3.8, 4) is 0 Å². The van der Waals surface area contributed by atoms with Crippen molar-refractivity contribution < 1.29 is 14.3 Å². The third-order valence-electron chi connectivity index (χ3n) is 11.8. The first kappa shape index (κ1) is 20.9. The van der Waals surface area contributed by atoms with Crippen LogP contribution >= 0.6 is 0 Å². The van der Waals surface area contributed by atoms with Gasteiger partial charge in [-0.25, -0.2) is 0 Å². The van der Waals surface area contributed by atoms with Gasteiger partial charge in [0.2, 0.25) is 0 Å². The highest BCUT2D eigenvalue weighted by molar-refractivity contribution is 5.92. The highest BCUT2D eigenvalue weighted by atomic mass is 16.6. The molecule has 2 aliphatic heterocycles. The van der Waals surface area contributed by atoms with Crippen LogP contribution in [0.1, 0.15) is 92.9 Å². The van der Waals surface area contributed by atoms with Crippen LogP contribution in [0.2, 0.25) is 0 Å². The SMILES string of the molecule is CC(CCC1(C)OC1(C)C)C1CCC2C3C4OC4C4=CC(=O)CCC4(C)C3CCC12C. The van der Waals surface area contributed by atoms with E-state index in [1.807, 2.05) is 6.08 Å². The van der Waals surface area contributed by atoms with Crippen LogP contribution in [0.5, 0.6) is 0 Å². The molecule has 3 saturated carbocycles. The molecule has 3 heteroatoms. The summed E-state index contributed by atoms with van der Waals surface area (Å²) in [5.74, 6) is 4.14. The summed E-state index contributed by atoms with van der Waals surface area (Å²) in [6, 6.07) is 0. The van der Waals surface area contributed by atoms with E-state index in [2.05, 4.69) is 41.5 Å². The Balaban J connectivity index is 1.22. The molecule has 10 atom stereocenters. The zero-order valence-electron chi connectivity index (χ0n) is 20.5. The molecule has 10 unspecified atom stereocenters. The molecule has 0 N–H and O–H groups in total. The molecule has 3 nitrogen and oxygen atoms in total. The molecule has 0 aromatic rings. The standard InChI is InChI=1S/C28H42O3/c1-16(9-14-28(6)25(2,3)31-28)18-7-8-19-22-20(11-13-26(18,19)4)27(5)12-10-17(29)15-21(27)23-24(22)30-23/h15-16,18-20,22-24H,7-14H2,1-6H3. The molecule has 2 saturated heterocycles. The van der Waals surface area contributed by atoms with Gasteiger partial charge in [-0.15, -0.1) is 0 Å². The van der Waals surface area contributed by atoms with Gasteiger partial charge >= 0.3 is 0 Å².